The molecule has 0 unspecified atom stereocenters. The fourth-order valence-electron chi connectivity index (χ4n) is 0. The summed E-state index contributed by atoms with van der Waals surface area (Å²) in [6.45, 7) is 0. The quantitative estimate of drug-likeness (QED) is 0.388. The Morgan fingerprint density at radius 1 is 0.727 bits per heavy atom. The van der Waals surface area contributed by atoms with Gasteiger partial charge in [0.25, 0.3) is 0 Å². The van der Waals surface area contributed by atoms with E-state index in [0.717, 1.165) is 0 Å². The Morgan fingerprint density at radius 3 is 0.727 bits per heavy atom. The molecule has 0 amide bonds. The minimum absolute atomic E-state index is 0. The SMILES string of the molecule is O.O.O.O.O.O=[Se]([O-])[O-].[Na+].[Na+]. The fourth-order valence-corrected chi connectivity index (χ4v) is 0. The van der Waals surface area contributed by atoms with Crippen molar-refractivity contribution in [1.29, 1.82) is 0 Å². The van der Waals surface area contributed by atoms with Crippen LogP contribution in [0, 0.1) is 0 Å². The summed E-state index contributed by atoms with van der Waals surface area (Å²) in [5.74, 6) is 0. The van der Waals surface area contributed by atoms with Gasteiger partial charge < -0.3 is 27.4 Å². The minimum Gasteiger partial charge on any atom is 1.00 e. The van der Waals surface area contributed by atoms with Crippen LogP contribution in [0.5, 0.6) is 0 Å². The van der Waals surface area contributed by atoms with Crippen molar-refractivity contribution >= 4 is 14.5 Å². The first kappa shape index (κ1) is 74.4. The van der Waals surface area contributed by atoms with E-state index in [0.29, 0.717) is 0 Å². The molecule has 10 N–H and O–H groups in total. The Labute approximate surface area is 112 Å². The van der Waals surface area contributed by atoms with Crippen LogP contribution in [0.3, 0.4) is 0 Å². The summed E-state index contributed by atoms with van der Waals surface area (Å²) in [7, 11) is 0. The van der Waals surface area contributed by atoms with Crippen molar-refractivity contribution < 1.29 is 98.7 Å². The monoisotopic (exact) mass is 264 g/mol. The summed E-state index contributed by atoms with van der Waals surface area (Å²) in [5.41, 5.74) is 0. The van der Waals surface area contributed by atoms with Gasteiger partial charge in [0.2, 0.25) is 0 Å². The van der Waals surface area contributed by atoms with Gasteiger partial charge >= 0.3 is 85.8 Å². The Morgan fingerprint density at radius 2 is 0.727 bits per heavy atom. The predicted octanol–water partition coefficient (Wildman–Crippen LogP) is -13.0. The van der Waals surface area contributed by atoms with Crippen LogP contribution in [0.4, 0.5) is 0 Å². The number of rotatable bonds is 0. The van der Waals surface area contributed by atoms with Gasteiger partial charge in [0.05, 0.1) is 0 Å². The van der Waals surface area contributed by atoms with Crippen molar-refractivity contribution in [1.82, 2.24) is 0 Å². The molecule has 0 bridgehead atoms. The van der Waals surface area contributed by atoms with Crippen LogP contribution in [0.15, 0.2) is 0 Å². The summed E-state index contributed by atoms with van der Waals surface area (Å²) in [6.07, 6.45) is 0. The van der Waals surface area contributed by atoms with E-state index >= 15 is 0 Å². The molecule has 0 heterocycles. The van der Waals surface area contributed by atoms with Gasteiger partial charge in [-0.25, -0.2) is 0 Å². The van der Waals surface area contributed by atoms with Crippen LogP contribution in [0.25, 0.3) is 0 Å². The second-order valence-corrected chi connectivity index (χ2v) is 1.06. The van der Waals surface area contributed by atoms with E-state index < -0.39 is 14.5 Å². The molecule has 11 heteroatoms. The Kier molecular flexibility index (Phi) is 391. The molecule has 0 aliphatic rings. The summed E-state index contributed by atoms with van der Waals surface area (Å²) < 4.78 is 25.6. The molecule has 8 nitrogen and oxygen atoms in total. The minimum atomic E-state index is -3.79. The van der Waals surface area contributed by atoms with Gasteiger partial charge in [0.15, 0.2) is 0 Å². The van der Waals surface area contributed by atoms with Crippen LogP contribution >= 0.6 is 0 Å². The second-order valence-electron chi connectivity index (χ2n) is 0.204. The molecule has 0 aromatic carbocycles. The van der Waals surface area contributed by atoms with Gasteiger partial charge in [-0.2, -0.15) is 0 Å². The molecule has 0 radical (unpaired) electrons. The summed E-state index contributed by atoms with van der Waals surface area (Å²) >= 11 is -3.79. The molecule has 66 valence electrons. The second kappa shape index (κ2) is 57.8. The Hall–Kier alpha value is 2.04. The van der Waals surface area contributed by atoms with Crippen molar-refractivity contribution in [2.45, 2.75) is 0 Å². The first-order valence-corrected chi connectivity index (χ1v) is 2.60. The maximum Gasteiger partial charge on any atom is 1.00 e. The van der Waals surface area contributed by atoms with E-state index in [-0.39, 0.29) is 86.5 Å². The third kappa shape index (κ3) is 292. The maximum absolute atomic E-state index is 8.54. The average molecular weight is 263 g/mol. The molecule has 0 aliphatic heterocycles. The molecule has 0 aromatic rings. The first-order chi connectivity index (χ1) is 1.73. The third-order valence-corrected chi connectivity index (χ3v) is 0. The standard InChI is InChI=1S/2Na.H2O3Se.5H2O/c;;1-4(2)3;;;;;/h;;(H2,1,2,3);5*1H2/q2*+1;;;;;;/p-2. The average Bonchev–Trinajstić information content (AvgIpc) is 0.811. The van der Waals surface area contributed by atoms with Crippen LogP contribution in [-0.2, 0) is 3.83 Å². The zero-order valence-corrected chi connectivity index (χ0v) is 11.8. The van der Waals surface area contributed by atoms with Crippen molar-refractivity contribution in [3.63, 3.8) is 0 Å². The van der Waals surface area contributed by atoms with E-state index in [9.17, 15) is 0 Å². The molecule has 0 saturated carbocycles. The maximum atomic E-state index is 8.54. The molecule has 0 fully saturated rings. The van der Waals surface area contributed by atoms with Gasteiger partial charge in [-0.3, -0.25) is 0 Å². The summed E-state index contributed by atoms with van der Waals surface area (Å²) in [5, 5.41) is 0. The van der Waals surface area contributed by atoms with Gasteiger partial charge in [-0.15, -0.1) is 0 Å². The van der Waals surface area contributed by atoms with E-state index in [4.69, 9.17) is 12.2 Å². The molecular weight excluding hydrogens is 253 g/mol. The van der Waals surface area contributed by atoms with E-state index in [2.05, 4.69) is 0 Å². The topological polar surface area (TPSA) is 221 Å². The zero-order chi connectivity index (χ0) is 3.58. The summed E-state index contributed by atoms with van der Waals surface area (Å²) in [4.78, 5) is 0. The first-order valence-electron chi connectivity index (χ1n) is 0.500. The molecule has 0 rings (SSSR count). The smallest absolute Gasteiger partial charge is 1.00 e. The van der Waals surface area contributed by atoms with Crippen molar-refractivity contribution in [3.8, 4) is 0 Å². The fraction of sp³-hybridized carbons (Fsp3) is 0. The normalized spacial score (nSPS) is 3.18. The van der Waals surface area contributed by atoms with Gasteiger partial charge in [0.1, 0.15) is 0 Å². The molecule has 0 atom stereocenters. The zero-order valence-electron chi connectivity index (χ0n) is 6.13. The van der Waals surface area contributed by atoms with E-state index in [1.54, 1.807) is 0 Å². The van der Waals surface area contributed by atoms with Crippen LogP contribution in [0.2, 0.25) is 0 Å². The van der Waals surface area contributed by atoms with Gasteiger partial charge in [-0.1, -0.05) is 0 Å². The molecule has 11 heavy (non-hydrogen) atoms. The largest absolute Gasteiger partial charge is 1.00 e. The van der Waals surface area contributed by atoms with Crippen LogP contribution in [0.1, 0.15) is 0 Å². The molecule has 0 saturated heterocycles. The third-order valence-electron chi connectivity index (χ3n) is 0. The molecule has 0 aliphatic carbocycles. The molecular formula is H10Na2O8Se. The van der Waals surface area contributed by atoms with Crippen molar-refractivity contribution in [2.24, 2.45) is 0 Å². The Bertz CT molecular complexity index is 35.1. The molecule has 0 spiro atoms. The van der Waals surface area contributed by atoms with Crippen LogP contribution in [-0.4, -0.2) is 41.9 Å². The molecule has 0 aromatic heterocycles. The number of hydrogen-bond donors (Lipinski definition) is 0. The summed E-state index contributed by atoms with van der Waals surface area (Å²) in [6, 6.07) is 0. The van der Waals surface area contributed by atoms with E-state index in [1.165, 1.54) is 0 Å². The van der Waals surface area contributed by atoms with Crippen molar-refractivity contribution in [2.75, 3.05) is 0 Å². The van der Waals surface area contributed by atoms with Crippen molar-refractivity contribution in [3.05, 3.63) is 0 Å². The number of hydrogen-bond acceptors (Lipinski definition) is 3. The van der Waals surface area contributed by atoms with Gasteiger partial charge in [0, 0.05) is 0 Å². The van der Waals surface area contributed by atoms with Crippen LogP contribution < -0.4 is 67.5 Å². The Balaban J connectivity index is -0.00000000214. The van der Waals surface area contributed by atoms with E-state index in [1.807, 2.05) is 0 Å². The predicted molar refractivity (Wildman–Crippen MR) is 24.5 cm³/mol. The van der Waals surface area contributed by atoms with Gasteiger partial charge in [-0.05, 0) is 0 Å².